The van der Waals surface area contributed by atoms with Gasteiger partial charge in [-0.3, -0.25) is 4.68 Å². The number of nitrogens with zero attached hydrogens (tertiary/aromatic N) is 3. The van der Waals surface area contributed by atoms with Crippen LogP contribution in [0.1, 0.15) is 30.7 Å². The van der Waals surface area contributed by atoms with Gasteiger partial charge in [0.2, 0.25) is 10.0 Å². The molecular weight excluding hydrogens is 288 g/mol. The largest absolute Gasteiger partial charge is 0.262 e. The summed E-state index contributed by atoms with van der Waals surface area (Å²) < 4.78 is 52.7. The number of aryl methyl sites for hydroxylation is 1. The minimum Gasteiger partial charge on any atom is -0.262 e. The van der Waals surface area contributed by atoms with Crippen LogP contribution < -0.4 is 0 Å². The van der Waals surface area contributed by atoms with Crippen LogP contribution in [-0.2, 0) is 16.6 Å². The van der Waals surface area contributed by atoms with E-state index in [9.17, 15) is 17.2 Å². The topological polar surface area (TPSA) is 55.2 Å². The van der Waals surface area contributed by atoms with Gasteiger partial charge in [0, 0.05) is 13.1 Å². The predicted octanol–water partition coefficient (Wildman–Crippen LogP) is 1.94. The van der Waals surface area contributed by atoms with Gasteiger partial charge in [0.05, 0.1) is 11.4 Å². The number of rotatable bonds is 4. The molecule has 0 spiro atoms. The van der Waals surface area contributed by atoms with Crippen LogP contribution in [0.4, 0.5) is 8.78 Å². The van der Waals surface area contributed by atoms with Crippen molar-refractivity contribution in [1.29, 1.82) is 0 Å². The summed E-state index contributed by atoms with van der Waals surface area (Å²) >= 11 is 0. The van der Waals surface area contributed by atoms with E-state index < -0.39 is 23.0 Å². The molecule has 1 aromatic heterocycles. The molecule has 0 saturated carbocycles. The van der Waals surface area contributed by atoms with E-state index in [-0.39, 0.29) is 16.3 Å². The Morgan fingerprint density at radius 1 is 1.20 bits per heavy atom. The third-order valence-electron chi connectivity index (χ3n) is 3.54. The maximum absolute atomic E-state index is 12.6. The highest BCUT2D eigenvalue weighted by atomic mass is 32.2. The third-order valence-corrected chi connectivity index (χ3v) is 5.69. The fraction of sp³-hybridized carbons (Fsp3) is 0.750. The maximum atomic E-state index is 12.6. The van der Waals surface area contributed by atoms with Crippen molar-refractivity contribution in [3.05, 3.63) is 11.4 Å². The van der Waals surface area contributed by atoms with Crippen LogP contribution in [-0.4, -0.2) is 42.0 Å². The third kappa shape index (κ3) is 2.85. The summed E-state index contributed by atoms with van der Waals surface area (Å²) in [6.45, 7) is 3.47. The Bertz CT molecular complexity index is 578. The van der Waals surface area contributed by atoms with Gasteiger partial charge in [0.1, 0.15) is 11.4 Å². The van der Waals surface area contributed by atoms with Gasteiger partial charge in [-0.05, 0) is 26.7 Å². The highest BCUT2D eigenvalue weighted by Gasteiger charge is 2.31. The van der Waals surface area contributed by atoms with E-state index >= 15 is 0 Å². The summed E-state index contributed by atoms with van der Waals surface area (Å²) in [7, 11) is -3.63. The van der Waals surface area contributed by atoms with Gasteiger partial charge in [0.15, 0.2) is 0 Å². The molecule has 0 unspecified atom stereocenters. The zero-order valence-corrected chi connectivity index (χ0v) is 12.5. The molecule has 5 nitrogen and oxygen atoms in total. The van der Waals surface area contributed by atoms with Crippen molar-refractivity contribution in [2.45, 2.75) is 51.0 Å². The lowest BCUT2D eigenvalue weighted by molar-refractivity contribution is 0.120. The Morgan fingerprint density at radius 3 is 2.35 bits per heavy atom. The van der Waals surface area contributed by atoms with Crippen LogP contribution >= 0.6 is 0 Å². The molecule has 0 radical (unpaired) electrons. The molecule has 0 bridgehead atoms. The molecule has 1 fully saturated rings. The summed E-state index contributed by atoms with van der Waals surface area (Å²) in [6, 6.07) is 0. The van der Waals surface area contributed by atoms with E-state index in [4.69, 9.17) is 0 Å². The van der Waals surface area contributed by atoms with Crippen LogP contribution in [0.3, 0.4) is 0 Å². The lowest BCUT2D eigenvalue weighted by Gasteiger charge is -2.25. The summed E-state index contributed by atoms with van der Waals surface area (Å²) in [4.78, 5) is 0.0834. The minimum atomic E-state index is -3.63. The molecule has 0 atom stereocenters. The maximum Gasteiger partial charge on any atom is 0.257 e. The van der Waals surface area contributed by atoms with Gasteiger partial charge >= 0.3 is 0 Å². The molecular formula is C12H19F2N3O2S. The first-order valence-electron chi connectivity index (χ1n) is 6.66. The first-order valence-corrected chi connectivity index (χ1v) is 8.10. The summed E-state index contributed by atoms with van der Waals surface area (Å²) in [5.41, 5.74) is 0.571. The summed E-state index contributed by atoms with van der Waals surface area (Å²) in [6.07, 6.45) is 0.137. The molecule has 2 heterocycles. The van der Waals surface area contributed by atoms with Crippen LogP contribution in [0.25, 0.3) is 0 Å². The Balaban J connectivity index is 2.38. The van der Waals surface area contributed by atoms with E-state index in [1.807, 2.05) is 0 Å². The van der Waals surface area contributed by atoms with Crippen LogP contribution in [0, 0.1) is 13.8 Å². The van der Waals surface area contributed by atoms with Gasteiger partial charge in [-0.2, -0.15) is 9.40 Å². The molecule has 1 aliphatic rings. The fourth-order valence-electron chi connectivity index (χ4n) is 2.60. The van der Waals surface area contributed by atoms with E-state index in [0.29, 0.717) is 13.1 Å². The number of piperidine rings is 1. The standard InChI is InChI=1S/C12H19F2N3O2S/c1-9-12(10(2)17(15-9)8-11(13)14)20(18,19)16-6-4-3-5-7-16/h11H,3-8H2,1-2H3. The average molecular weight is 307 g/mol. The van der Waals surface area contributed by atoms with Crippen LogP contribution in [0.5, 0.6) is 0 Å². The smallest absolute Gasteiger partial charge is 0.257 e. The molecule has 0 aromatic carbocycles. The van der Waals surface area contributed by atoms with Crippen molar-refractivity contribution in [3.8, 4) is 0 Å². The number of halogens is 2. The zero-order valence-electron chi connectivity index (χ0n) is 11.6. The van der Waals surface area contributed by atoms with Crippen molar-refractivity contribution < 1.29 is 17.2 Å². The Kier molecular flexibility index (Phi) is 4.43. The van der Waals surface area contributed by atoms with E-state index in [2.05, 4.69) is 5.10 Å². The molecule has 8 heteroatoms. The van der Waals surface area contributed by atoms with Gasteiger partial charge in [-0.25, -0.2) is 17.2 Å². The van der Waals surface area contributed by atoms with Crippen molar-refractivity contribution in [3.63, 3.8) is 0 Å². The van der Waals surface area contributed by atoms with E-state index in [0.717, 1.165) is 23.9 Å². The normalized spacial score (nSPS) is 17.9. The first-order chi connectivity index (χ1) is 9.34. The first kappa shape index (κ1) is 15.4. The molecule has 1 saturated heterocycles. The number of aromatic nitrogens is 2. The Morgan fingerprint density at radius 2 is 1.80 bits per heavy atom. The Hall–Kier alpha value is -1.02. The molecule has 20 heavy (non-hydrogen) atoms. The quantitative estimate of drug-likeness (QED) is 0.854. The van der Waals surface area contributed by atoms with E-state index in [1.165, 1.54) is 11.2 Å². The SMILES string of the molecule is Cc1nn(CC(F)F)c(C)c1S(=O)(=O)N1CCCCC1. The van der Waals surface area contributed by atoms with Crippen molar-refractivity contribution >= 4 is 10.0 Å². The van der Waals surface area contributed by atoms with E-state index in [1.54, 1.807) is 6.92 Å². The highest BCUT2D eigenvalue weighted by molar-refractivity contribution is 7.89. The Labute approximate surface area is 117 Å². The molecule has 1 aromatic rings. The number of sulfonamides is 1. The summed E-state index contributed by atoms with van der Waals surface area (Å²) in [5, 5.41) is 3.94. The van der Waals surface area contributed by atoms with Gasteiger partial charge in [0.25, 0.3) is 6.43 Å². The van der Waals surface area contributed by atoms with Gasteiger partial charge in [-0.15, -0.1) is 0 Å². The molecule has 0 aliphatic carbocycles. The molecule has 0 N–H and O–H groups in total. The second kappa shape index (κ2) is 5.77. The molecule has 114 valence electrons. The van der Waals surface area contributed by atoms with Crippen LogP contribution in [0.2, 0.25) is 0 Å². The highest BCUT2D eigenvalue weighted by Crippen LogP contribution is 2.26. The van der Waals surface area contributed by atoms with Crippen molar-refractivity contribution in [1.82, 2.24) is 14.1 Å². The minimum absolute atomic E-state index is 0.0834. The number of alkyl halides is 2. The average Bonchev–Trinajstić information content (AvgIpc) is 2.65. The molecule has 2 rings (SSSR count). The second-order valence-electron chi connectivity index (χ2n) is 5.04. The molecule has 1 aliphatic heterocycles. The van der Waals surface area contributed by atoms with Crippen molar-refractivity contribution in [2.24, 2.45) is 0 Å². The summed E-state index contributed by atoms with van der Waals surface area (Å²) in [5.74, 6) is 0. The fourth-order valence-corrected chi connectivity index (χ4v) is 4.49. The number of hydrogen-bond donors (Lipinski definition) is 0. The second-order valence-corrected chi connectivity index (χ2v) is 6.91. The molecule has 0 amide bonds. The lowest BCUT2D eigenvalue weighted by Crippen LogP contribution is -2.36. The lowest BCUT2D eigenvalue weighted by atomic mass is 10.2. The van der Waals surface area contributed by atoms with Crippen molar-refractivity contribution in [2.75, 3.05) is 13.1 Å². The van der Waals surface area contributed by atoms with Gasteiger partial charge < -0.3 is 0 Å². The van der Waals surface area contributed by atoms with Crippen LogP contribution in [0.15, 0.2) is 4.90 Å². The van der Waals surface area contributed by atoms with Gasteiger partial charge in [-0.1, -0.05) is 6.42 Å². The zero-order chi connectivity index (χ0) is 14.9. The monoisotopic (exact) mass is 307 g/mol. The predicted molar refractivity (Wildman–Crippen MR) is 70.3 cm³/mol. The number of hydrogen-bond acceptors (Lipinski definition) is 3.